The number of carbonyl (C=O) groups is 2. The number of nitrogen functional groups attached to an aromatic ring is 1. The molecule has 3 aromatic carbocycles. The molecule has 9 heteroatoms. The lowest BCUT2D eigenvalue weighted by molar-refractivity contribution is -0.134. The van der Waals surface area contributed by atoms with Crippen molar-refractivity contribution in [1.29, 1.82) is 0 Å². The summed E-state index contributed by atoms with van der Waals surface area (Å²) in [5, 5.41) is 3.45. The van der Waals surface area contributed by atoms with Crippen molar-refractivity contribution < 1.29 is 19.1 Å². The summed E-state index contributed by atoms with van der Waals surface area (Å²) in [7, 11) is 6.77. The zero-order chi connectivity index (χ0) is 30.4. The van der Waals surface area contributed by atoms with Gasteiger partial charge in [0.1, 0.15) is 11.2 Å². The number of halogens is 1. The maximum atomic E-state index is 14.1. The summed E-state index contributed by atoms with van der Waals surface area (Å²) in [6.45, 7) is 3.48. The maximum absolute atomic E-state index is 14.1. The number of nitrogens with one attached hydrogen (secondary N) is 1. The molecule has 1 saturated heterocycles. The highest BCUT2D eigenvalue weighted by Gasteiger charge is 2.45. The van der Waals surface area contributed by atoms with Crippen LogP contribution in [0.5, 0.6) is 5.75 Å². The highest BCUT2D eigenvalue weighted by molar-refractivity contribution is 6.33. The van der Waals surface area contributed by atoms with Crippen LogP contribution in [0.3, 0.4) is 0 Å². The van der Waals surface area contributed by atoms with Gasteiger partial charge in [-0.25, -0.2) is 0 Å². The lowest BCUT2D eigenvalue weighted by Crippen LogP contribution is -2.58. The molecule has 224 valence electrons. The van der Waals surface area contributed by atoms with Crippen LogP contribution in [0.4, 0.5) is 5.69 Å². The van der Waals surface area contributed by atoms with Crippen LogP contribution in [0.1, 0.15) is 41.3 Å². The molecule has 3 N–H and O–H groups in total. The quantitative estimate of drug-likeness (QED) is 0.334. The molecule has 0 radical (unpaired) electrons. The number of piperidine rings is 1. The third-order valence-corrected chi connectivity index (χ3v) is 8.63. The number of rotatable bonds is 10. The Morgan fingerprint density at radius 2 is 1.67 bits per heavy atom. The second kappa shape index (κ2) is 13.6. The highest BCUT2D eigenvalue weighted by atomic mass is 35.5. The van der Waals surface area contributed by atoms with E-state index in [4.69, 9.17) is 26.8 Å². The molecule has 3 aromatic rings. The Morgan fingerprint density at radius 1 is 1.07 bits per heavy atom. The fourth-order valence-electron chi connectivity index (χ4n) is 6.04. The third kappa shape index (κ3) is 6.41. The first kappa shape index (κ1) is 31.3. The highest BCUT2D eigenvalue weighted by Crippen LogP contribution is 2.40. The largest absolute Gasteiger partial charge is 0.496 e. The number of hydrogen-bond donors (Lipinski definition) is 2. The topological polar surface area (TPSA) is 97.1 Å². The number of benzene rings is 3. The number of nitrogens with zero attached hydrogens (tertiary/aromatic N) is 2. The lowest BCUT2D eigenvalue weighted by atomic mass is 9.69. The van der Waals surface area contributed by atoms with Crippen molar-refractivity contribution in [2.45, 2.75) is 43.4 Å². The van der Waals surface area contributed by atoms with Crippen LogP contribution in [0.25, 0.3) is 0 Å². The van der Waals surface area contributed by atoms with E-state index in [0.29, 0.717) is 41.4 Å². The molecular weight excluding hydrogens is 552 g/mol. The second-order valence-electron chi connectivity index (χ2n) is 11.1. The van der Waals surface area contributed by atoms with Crippen molar-refractivity contribution in [3.8, 4) is 5.75 Å². The summed E-state index contributed by atoms with van der Waals surface area (Å²) >= 11 is 6.13. The molecular formula is C33H41ClN4O4. The average Bonchev–Trinajstić information content (AvgIpc) is 3.01. The Labute approximate surface area is 253 Å². The molecule has 4 rings (SSSR count). The molecule has 0 aromatic heterocycles. The number of amides is 2. The van der Waals surface area contributed by atoms with Gasteiger partial charge >= 0.3 is 0 Å². The average molecular weight is 593 g/mol. The Kier molecular flexibility index (Phi) is 10.1. The van der Waals surface area contributed by atoms with Crippen LogP contribution < -0.4 is 15.8 Å². The standard InChI is InChI=1S/C33H41ClN4O4/c1-22(20-33(32(40)37(2)3,23-12-8-6-9-13-23)24-14-10-7-11-15-24)38-17-16-28(30(21-38)42-5)36-31(39)25-18-27(35)26(34)19-29(25)41-4/h6-15,18-19,22,28,30H,16-17,20-21,35H2,1-5H3,(H,36,39)/t22?,28-,30+/m1/s1. The van der Waals surface area contributed by atoms with Gasteiger partial charge in [-0.1, -0.05) is 72.3 Å². The molecule has 0 bridgehead atoms. The van der Waals surface area contributed by atoms with Crippen LogP contribution in [0, 0.1) is 0 Å². The first-order chi connectivity index (χ1) is 20.1. The van der Waals surface area contributed by atoms with Gasteiger partial charge in [0.25, 0.3) is 5.91 Å². The number of carbonyl (C=O) groups excluding carboxylic acids is 2. The van der Waals surface area contributed by atoms with Crippen molar-refractivity contribution in [1.82, 2.24) is 15.1 Å². The van der Waals surface area contributed by atoms with Crippen LogP contribution in [-0.2, 0) is 14.9 Å². The van der Waals surface area contributed by atoms with Crippen molar-refractivity contribution in [2.24, 2.45) is 0 Å². The van der Waals surface area contributed by atoms with E-state index in [0.717, 1.165) is 17.7 Å². The molecule has 2 amide bonds. The molecule has 1 heterocycles. The molecule has 0 saturated carbocycles. The fourth-order valence-corrected chi connectivity index (χ4v) is 6.20. The van der Waals surface area contributed by atoms with Crippen molar-refractivity contribution in [2.75, 3.05) is 47.1 Å². The van der Waals surface area contributed by atoms with Crippen LogP contribution >= 0.6 is 11.6 Å². The maximum Gasteiger partial charge on any atom is 0.255 e. The number of ether oxygens (including phenoxy) is 2. The number of likely N-dealkylation sites (tertiary alicyclic amines) is 1. The third-order valence-electron chi connectivity index (χ3n) is 8.30. The minimum atomic E-state index is -0.871. The van der Waals surface area contributed by atoms with Gasteiger partial charge in [0.15, 0.2) is 0 Å². The number of likely N-dealkylation sites (N-methyl/N-ethyl adjacent to an activating group) is 1. The monoisotopic (exact) mass is 592 g/mol. The number of anilines is 1. The summed E-state index contributed by atoms with van der Waals surface area (Å²) < 4.78 is 11.3. The number of methoxy groups -OCH3 is 2. The van der Waals surface area contributed by atoms with E-state index in [1.807, 2.05) is 74.8 Å². The van der Waals surface area contributed by atoms with E-state index >= 15 is 0 Å². The van der Waals surface area contributed by atoms with Gasteiger partial charge in [-0.2, -0.15) is 0 Å². The smallest absolute Gasteiger partial charge is 0.255 e. The summed E-state index contributed by atoms with van der Waals surface area (Å²) in [5.74, 6) is 0.0938. The normalized spacial score (nSPS) is 18.2. The summed E-state index contributed by atoms with van der Waals surface area (Å²) in [5.41, 5.74) is 7.65. The zero-order valence-corrected chi connectivity index (χ0v) is 25.7. The minimum absolute atomic E-state index is 0.0276. The summed E-state index contributed by atoms with van der Waals surface area (Å²) in [6.07, 6.45) is 0.992. The van der Waals surface area contributed by atoms with E-state index < -0.39 is 5.41 Å². The van der Waals surface area contributed by atoms with Crippen LogP contribution in [0.2, 0.25) is 5.02 Å². The fraction of sp³-hybridized carbons (Fsp3) is 0.394. The first-order valence-corrected chi connectivity index (χ1v) is 14.5. The molecule has 1 fully saturated rings. The van der Waals surface area contributed by atoms with Gasteiger partial charge in [0, 0.05) is 46.4 Å². The summed E-state index contributed by atoms with van der Waals surface area (Å²) in [4.78, 5) is 31.4. The van der Waals surface area contributed by atoms with Gasteiger partial charge in [0.2, 0.25) is 5.91 Å². The van der Waals surface area contributed by atoms with E-state index in [9.17, 15) is 9.59 Å². The van der Waals surface area contributed by atoms with E-state index in [-0.39, 0.29) is 30.0 Å². The molecule has 42 heavy (non-hydrogen) atoms. The molecule has 1 aliphatic heterocycles. The number of nitrogens with two attached hydrogens (primary N) is 1. The molecule has 1 unspecified atom stereocenters. The van der Waals surface area contributed by atoms with Crippen molar-refractivity contribution in [3.63, 3.8) is 0 Å². The van der Waals surface area contributed by atoms with Crippen molar-refractivity contribution >= 4 is 29.1 Å². The minimum Gasteiger partial charge on any atom is -0.496 e. The van der Waals surface area contributed by atoms with Crippen molar-refractivity contribution in [3.05, 3.63) is 94.5 Å². The number of hydrogen-bond acceptors (Lipinski definition) is 6. The van der Waals surface area contributed by atoms with E-state index in [1.54, 1.807) is 18.1 Å². The van der Waals surface area contributed by atoms with Gasteiger partial charge < -0.3 is 25.4 Å². The molecule has 1 aliphatic rings. The summed E-state index contributed by atoms with van der Waals surface area (Å²) in [6, 6.07) is 22.9. The zero-order valence-electron chi connectivity index (χ0n) is 25.0. The molecule has 0 aliphatic carbocycles. The lowest BCUT2D eigenvalue weighted by Gasteiger charge is -2.44. The predicted octanol–water partition coefficient (Wildman–Crippen LogP) is 4.60. The SMILES string of the molecule is COc1cc(Cl)c(N)cc1C(=O)N[C@@H]1CCN(C(C)CC(C(=O)N(C)C)(c2ccccc2)c2ccccc2)C[C@@H]1OC. The van der Waals surface area contributed by atoms with Gasteiger partial charge in [-0.05, 0) is 37.0 Å². The Balaban J connectivity index is 1.57. The van der Waals surface area contributed by atoms with E-state index in [1.165, 1.54) is 13.2 Å². The molecule has 8 nitrogen and oxygen atoms in total. The Hall–Kier alpha value is -3.59. The predicted molar refractivity (Wildman–Crippen MR) is 167 cm³/mol. The van der Waals surface area contributed by atoms with Gasteiger partial charge in [-0.3, -0.25) is 14.5 Å². The first-order valence-electron chi connectivity index (χ1n) is 14.2. The van der Waals surface area contributed by atoms with Gasteiger partial charge in [-0.15, -0.1) is 0 Å². The van der Waals surface area contributed by atoms with E-state index in [2.05, 4.69) is 17.1 Å². The van der Waals surface area contributed by atoms with Crippen LogP contribution in [0.15, 0.2) is 72.8 Å². The van der Waals surface area contributed by atoms with Crippen LogP contribution in [-0.4, -0.2) is 81.2 Å². The molecule has 0 spiro atoms. The Bertz CT molecular complexity index is 1330. The second-order valence-corrected chi connectivity index (χ2v) is 11.5. The Morgan fingerprint density at radius 3 is 2.19 bits per heavy atom. The molecule has 3 atom stereocenters. The van der Waals surface area contributed by atoms with Gasteiger partial charge in [0.05, 0.1) is 35.5 Å².